The zero-order valence-electron chi connectivity index (χ0n) is 14.9. The summed E-state index contributed by atoms with van der Waals surface area (Å²) in [4.78, 5) is 14.6. The Hall–Kier alpha value is -0.920. The predicted molar refractivity (Wildman–Crippen MR) is 102 cm³/mol. The molecule has 5 nitrogen and oxygen atoms in total. The summed E-state index contributed by atoms with van der Waals surface area (Å²) in [5.74, 6) is -0.364. The van der Waals surface area contributed by atoms with Gasteiger partial charge >= 0.3 is 0 Å². The number of benzene rings is 1. The van der Waals surface area contributed by atoms with Crippen LogP contribution in [0.3, 0.4) is 0 Å². The van der Waals surface area contributed by atoms with Crippen molar-refractivity contribution < 1.29 is 13.9 Å². The maximum atomic E-state index is 13.5. The Morgan fingerprint density at radius 3 is 2.52 bits per heavy atom. The highest BCUT2D eigenvalue weighted by Gasteiger charge is 2.39. The number of ether oxygens (including phenoxy) is 1. The van der Waals surface area contributed by atoms with E-state index in [-0.39, 0.29) is 42.6 Å². The van der Waals surface area contributed by atoms with Gasteiger partial charge in [0.15, 0.2) is 0 Å². The van der Waals surface area contributed by atoms with E-state index in [1.165, 1.54) is 12.1 Å². The third-order valence-electron chi connectivity index (χ3n) is 4.53. The topological polar surface area (TPSA) is 53.6 Å². The predicted octanol–water partition coefficient (Wildman–Crippen LogP) is 2.16. The molecule has 0 saturated carbocycles. The quantitative estimate of drug-likeness (QED) is 0.774. The number of rotatable bonds is 6. The smallest absolute Gasteiger partial charge is 0.252 e. The highest BCUT2D eigenvalue weighted by atomic mass is 35.5. The average molecular weight is 396 g/mol. The van der Waals surface area contributed by atoms with Crippen molar-refractivity contribution in [3.05, 3.63) is 35.6 Å². The van der Waals surface area contributed by atoms with E-state index < -0.39 is 5.60 Å². The third-order valence-corrected chi connectivity index (χ3v) is 4.53. The van der Waals surface area contributed by atoms with Crippen molar-refractivity contribution in [2.75, 3.05) is 40.8 Å². The van der Waals surface area contributed by atoms with Gasteiger partial charge in [0.1, 0.15) is 11.4 Å². The molecule has 0 radical (unpaired) electrons. The summed E-state index contributed by atoms with van der Waals surface area (Å²) in [6, 6.07) is 6.39. The second kappa shape index (κ2) is 10.9. The first kappa shape index (κ1) is 24.1. The highest BCUT2D eigenvalue weighted by Crippen LogP contribution is 2.24. The fraction of sp³-hybridized carbons (Fsp3) is 0.588. The fourth-order valence-corrected chi connectivity index (χ4v) is 3.02. The van der Waals surface area contributed by atoms with Gasteiger partial charge in [-0.2, -0.15) is 0 Å². The molecule has 2 N–H and O–H groups in total. The lowest BCUT2D eigenvalue weighted by atomic mass is 9.91. The Bertz CT molecular complexity index is 540. The summed E-state index contributed by atoms with van der Waals surface area (Å²) in [7, 11) is 5.41. The van der Waals surface area contributed by atoms with Gasteiger partial charge in [-0.1, -0.05) is 12.1 Å². The Morgan fingerprint density at radius 2 is 2.00 bits per heavy atom. The van der Waals surface area contributed by atoms with Crippen LogP contribution in [0, 0.1) is 5.82 Å². The second-order valence-corrected chi connectivity index (χ2v) is 6.19. The van der Waals surface area contributed by atoms with Gasteiger partial charge in [-0.05, 0) is 57.7 Å². The number of nitrogens with one attached hydrogen (secondary N) is 2. The van der Waals surface area contributed by atoms with Crippen molar-refractivity contribution in [1.29, 1.82) is 0 Å². The molecule has 8 heteroatoms. The number of methoxy groups -OCH3 is 1. The minimum atomic E-state index is -0.760. The zero-order valence-corrected chi connectivity index (χ0v) is 16.5. The second-order valence-electron chi connectivity index (χ2n) is 6.19. The van der Waals surface area contributed by atoms with E-state index in [1.807, 2.05) is 25.1 Å². The van der Waals surface area contributed by atoms with Crippen LogP contribution in [0.5, 0.6) is 0 Å². The van der Waals surface area contributed by atoms with E-state index in [1.54, 1.807) is 13.2 Å². The SMILES string of the molecule is COC1(C(=O)NCC(c2cccc(F)c2)N(C)C)CCNCC1.Cl.Cl. The van der Waals surface area contributed by atoms with Gasteiger partial charge in [-0.25, -0.2) is 4.39 Å². The average Bonchev–Trinajstić information content (AvgIpc) is 2.55. The molecular weight excluding hydrogens is 368 g/mol. The van der Waals surface area contributed by atoms with E-state index in [0.717, 1.165) is 18.7 Å². The summed E-state index contributed by atoms with van der Waals surface area (Å²) in [5.41, 5.74) is 0.0800. The van der Waals surface area contributed by atoms with Gasteiger partial charge in [0.2, 0.25) is 0 Å². The van der Waals surface area contributed by atoms with Crippen molar-refractivity contribution >= 4 is 30.7 Å². The lowest BCUT2D eigenvalue weighted by Gasteiger charge is -2.35. The molecule has 1 amide bonds. The molecule has 0 bridgehead atoms. The van der Waals surface area contributed by atoms with Crippen LogP contribution in [0.4, 0.5) is 4.39 Å². The van der Waals surface area contributed by atoms with Crippen LogP contribution in [0.2, 0.25) is 0 Å². The van der Waals surface area contributed by atoms with Crippen molar-refractivity contribution in [2.24, 2.45) is 0 Å². The van der Waals surface area contributed by atoms with Crippen LogP contribution in [0.1, 0.15) is 24.4 Å². The van der Waals surface area contributed by atoms with Gasteiger partial charge in [0.05, 0.1) is 6.04 Å². The zero-order chi connectivity index (χ0) is 16.9. The summed E-state index contributed by atoms with van der Waals surface area (Å²) in [6.45, 7) is 1.94. The van der Waals surface area contributed by atoms with Crippen LogP contribution in [-0.4, -0.2) is 57.2 Å². The molecule has 1 atom stereocenters. The molecule has 1 aliphatic heterocycles. The van der Waals surface area contributed by atoms with Crippen LogP contribution in [-0.2, 0) is 9.53 Å². The number of amides is 1. The molecule has 1 aromatic carbocycles. The molecule has 1 fully saturated rings. The van der Waals surface area contributed by atoms with Gasteiger partial charge in [-0.3, -0.25) is 4.79 Å². The summed E-state index contributed by atoms with van der Waals surface area (Å²) < 4.78 is 19.0. The third kappa shape index (κ3) is 6.08. The molecule has 1 unspecified atom stereocenters. The Morgan fingerprint density at radius 1 is 1.36 bits per heavy atom. The minimum absolute atomic E-state index is 0. The highest BCUT2D eigenvalue weighted by molar-refractivity contribution is 5.86. The lowest BCUT2D eigenvalue weighted by Crippen LogP contribution is -2.55. The molecule has 1 heterocycles. The van der Waals surface area contributed by atoms with Crippen LogP contribution in [0.25, 0.3) is 0 Å². The van der Waals surface area contributed by atoms with E-state index in [9.17, 15) is 9.18 Å². The number of hydrogen-bond acceptors (Lipinski definition) is 4. The Balaban J connectivity index is 0.00000288. The van der Waals surface area contributed by atoms with Crippen LogP contribution >= 0.6 is 24.8 Å². The molecule has 1 saturated heterocycles. The minimum Gasteiger partial charge on any atom is -0.368 e. The first-order valence-electron chi connectivity index (χ1n) is 7.94. The number of hydrogen-bond donors (Lipinski definition) is 2. The van der Waals surface area contributed by atoms with Crippen molar-refractivity contribution in [2.45, 2.75) is 24.5 Å². The van der Waals surface area contributed by atoms with E-state index >= 15 is 0 Å². The first-order chi connectivity index (χ1) is 11.0. The van der Waals surface area contributed by atoms with Gasteiger partial charge in [0.25, 0.3) is 5.91 Å². The standard InChI is InChI=1S/C17H26FN3O2.2ClH/c1-21(2)15(13-5-4-6-14(18)11-13)12-20-16(22)17(23-3)7-9-19-10-8-17;;/h4-6,11,15,19H,7-10,12H2,1-3H3,(H,20,22);2*1H. The normalized spacial score (nSPS) is 17.2. The molecule has 1 aliphatic rings. The number of halogens is 3. The molecular formula is C17H28Cl2FN3O2. The number of carbonyl (C=O) groups excluding carboxylic acids is 1. The molecule has 0 aromatic heterocycles. The number of nitrogens with zero attached hydrogens (tertiary/aromatic N) is 1. The summed E-state index contributed by atoms with van der Waals surface area (Å²) in [6.07, 6.45) is 1.31. The lowest BCUT2D eigenvalue weighted by molar-refractivity contribution is -0.146. The van der Waals surface area contributed by atoms with E-state index in [4.69, 9.17) is 4.74 Å². The molecule has 2 rings (SSSR count). The largest absolute Gasteiger partial charge is 0.368 e. The maximum absolute atomic E-state index is 13.5. The number of likely N-dealkylation sites (N-methyl/N-ethyl adjacent to an activating group) is 1. The van der Waals surface area contributed by atoms with Gasteiger partial charge in [0, 0.05) is 13.7 Å². The first-order valence-corrected chi connectivity index (χ1v) is 7.94. The number of carbonyl (C=O) groups is 1. The van der Waals surface area contributed by atoms with Crippen molar-refractivity contribution in [3.8, 4) is 0 Å². The van der Waals surface area contributed by atoms with Gasteiger partial charge in [-0.15, -0.1) is 24.8 Å². The molecule has 144 valence electrons. The van der Waals surface area contributed by atoms with E-state index in [0.29, 0.717) is 19.4 Å². The van der Waals surface area contributed by atoms with Crippen molar-refractivity contribution in [3.63, 3.8) is 0 Å². The fourth-order valence-electron chi connectivity index (χ4n) is 3.02. The molecule has 25 heavy (non-hydrogen) atoms. The summed E-state index contributed by atoms with van der Waals surface area (Å²) in [5, 5.41) is 6.22. The van der Waals surface area contributed by atoms with E-state index in [2.05, 4.69) is 10.6 Å². The van der Waals surface area contributed by atoms with Crippen LogP contribution < -0.4 is 10.6 Å². The van der Waals surface area contributed by atoms with Crippen molar-refractivity contribution in [1.82, 2.24) is 15.5 Å². The molecule has 1 aromatic rings. The Labute approximate surface area is 161 Å². The summed E-state index contributed by atoms with van der Waals surface area (Å²) >= 11 is 0. The van der Waals surface area contributed by atoms with Crippen LogP contribution in [0.15, 0.2) is 24.3 Å². The van der Waals surface area contributed by atoms with Gasteiger partial charge < -0.3 is 20.3 Å². The molecule has 0 aliphatic carbocycles. The maximum Gasteiger partial charge on any atom is 0.252 e. The Kier molecular flexibility index (Phi) is 10.5. The monoisotopic (exact) mass is 395 g/mol. The number of piperidine rings is 1. The molecule has 0 spiro atoms.